The van der Waals surface area contributed by atoms with Crippen LogP contribution < -0.4 is 5.32 Å². The van der Waals surface area contributed by atoms with E-state index in [0.717, 1.165) is 24.6 Å². The van der Waals surface area contributed by atoms with Gasteiger partial charge in [0.2, 0.25) is 0 Å². The van der Waals surface area contributed by atoms with Gasteiger partial charge in [-0.15, -0.1) is 29.5 Å². The standard InChI is InChI=1S/C14H21NS2/c1-5-9-16-10-8-15-11-12-6-7-13(17-12)14(2,3)4/h1,6-7,15H,8-11H2,2-4H3. The van der Waals surface area contributed by atoms with Crippen LogP contribution in [0.25, 0.3) is 0 Å². The molecule has 1 aromatic heterocycles. The van der Waals surface area contributed by atoms with Crippen LogP contribution in [0.3, 0.4) is 0 Å². The number of hydrogen-bond acceptors (Lipinski definition) is 3. The fourth-order valence-corrected chi connectivity index (χ4v) is 2.95. The van der Waals surface area contributed by atoms with Crippen LogP contribution in [0.2, 0.25) is 0 Å². The molecule has 0 fully saturated rings. The second kappa shape index (κ2) is 7.10. The van der Waals surface area contributed by atoms with E-state index in [-0.39, 0.29) is 5.41 Å². The lowest BCUT2D eigenvalue weighted by Crippen LogP contribution is -2.15. The number of thioether (sulfide) groups is 1. The molecule has 0 unspecified atom stereocenters. The van der Waals surface area contributed by atoms with Gasteiger partial charge in [-0.2, -0.15) is 0 Å². The molecule has 0 aliphatic rings. The summed E-state index contributed by atoms with van der Waals surface area (Å²) in [6, 6.07) is 4.47. The number of thiophene rings is 1. The Balaban J connectivity index is 2.24. The minimum atomic E-state index is 0.269. The zero-order valence-corrected chi connectivity index (χ0v) is 12.5. The molecule has 1 heterocycles. The summed E-state index contributed by atoms with van der Waals surface area (Å²) in [6.07, 6.45) is 5.19. The molecule has 3 heteroatoms. The number of hydrogen-bond donors (Lipinski definition) is 1. The Morgan fingerprint density at radius 3 is 2.76 bits per heavy atom. The second-order valence-corrected chi connectivity index (χ2v) is 7.22. The third-order valence-electron chi connectivity index (χ3n) is 2.31. The highest BCUT2D eigenvalue weighted by Gasteiger charge is 2.15. The van der Waals surface area contributed by atoms with Crippen molar-refractivity contribution in [3.63, 3.8) is 0 Å². The fourth-order valence-electron chi connectivity index (χ4n) is 1.36. The average Bonchev–Trinajstić information content (AvgIpc) is 2.71. The van der Waals surface area contributed by atoms with Crippen molar-refractivity contribution in [2.45, 2.75) is 32.7 Å². The van der Waals surface area contributed by atoms with E-state index >= 15 is 0 Å². The van der Waals surface area contributed by atoms with Gasteiger partial charge in [-0.25, -0.2) is 0 Å². The SMILES string of the molecule is C#CCSCCNCc1ccc(C(C)(C)C)s1. The van der Waals surface area contributed by atoms with E-state index in [9.17, 15) is 0 Å². The molecule has 0 amide bonds. The summed E-state index contributed by atoms with van der Waals surface area (Å²) in [5.74, 6) is 4.53. The molecule has 1 rings (SSSR count). The maximum atomic E-state index is 5.19. The molecular weight excluding hydrogens is 246 g/mol. The third kappa shape index (κ3) is 5.63. The van der Waals surface area contributed by atoms with Crippen LogP contribution in [-0.2, 0) is 12.0 Å². The minimum absolute atomic E-state index is 0.269. The van der Waals surface area contributed by atoms with Gasteiger partial charge in [-0.1, -0.05) is 26.7 Å². The van der Waals surface area contributed by atoms with Gasteiger partial charge in [0.05, 0.1) is 5.75 Å². The largest absolute Gasteiger partial charge is 0.311 e. The lowest BCUT2D eigenvalue weighted by atomic mass is 9.95. The minimum Gasteiger partial charge on any atom is -0.311 e. The molecule has 0 atom stereocenters. The molecule has 0 saturated heterocycles. The molecule has 1 aromatic rings. The van der Waals surface area contributed by atoms with Crippen LogP contribution in [0.1, 0.15) is 30.5 Å². The maximum Gasteiger partial charge on any atom is 0.0545 e. The fraction of sp³-hybridized carbons (Fsp3) is 0.571. The molecule has 0 aliphatic heterocycles. The quantitative estimate of drug-likeness (QED) is 0.625. The molecule has 0 radical (unpaired) electrons. The van der Waals surface area contributed by atoms with Gasteiger partial charge < -0.3 is 5.32 Å². The number of terminal acetylenes is 1. The smallest absolute Gasteiger partial charge is 0.0545 e. The zero-order chi connectivity index (χ0) is 12.7. The lowest BCUT2D eigenvalue weighted by Gasteiger charge is -2.15. The third-order valence-corrected chi connectivity index (χ3v) is 4.68. The van der Waals surface area contributed by atoms with Gasteiger partial charge in [-0.05, 0) is 17.5 Å². The van der Waals surface area contributed by atoms with E-state index in [0.29, 0.717) is 0 Å². The van der Waals surface area contributed by atoms with E-state index in [2.05, 4.69) is 44.1 Å². The molecule has 1 nitrogen and oxygen atoms in total. The number of rotatable bonds is 6. The molecule has 1 N–H and O–H groups in total. The van der Waals surface area contributed by atoms with Gasteiger partial charge in [0.15, 0.2) is 0 Å². The van der Waals surface area contributed by atoms with Crippen LogP contribution >= 0.6 is 23.1 Å². The Labute approximate surface area is 113 Å². The van der Waals surface area contributed by atoms with E-state index < -0.39 is 0 Å². The van der Waals surface area contributed by atoms with E-state index in [1.165, 1.54) is 9.75 Å². The first-order chi connectivity index (χ1) is 8.04. The van der Waals surface area contributed by atoms with Crippen LogP contribution in [0.15, 0.2) is 12.1 Å². The predicted octanol–water partition coefficient (Wildman–Crippen LogP) is 3.50. The lowest BCUT2D eigenvalue weighted by molar-refractivity contribution is 0.604. The van der Waals surface area contributed by atoms with Gasteiger partial charge in [0, 0.05) is 28.6 Å². The topological polar surface area (TPSA) is 12.0 Å². The molecule has 94 valence electrons. The summed E-state index contributed by atoms with van der Waals surface area (Å²) in [7, 11) is 0. The van der Waals surface area contributed by atoms with Gasteiger partial charge in [0.25, 0.3) is 0 Å². The second-order valence-electron chi connectivity index (χ2n) is 4.95. The van der Waals surface area contributed by atoms with Gasteiger partial charge in [-0.3, -0.25) is 0 Å². The predicted molar refractivity (Wildman–Crippen MR) is 80.9 cm³/mol. The molecule has 0 aliphatic carbocycles. The molecule has 0 bridgehead atoms. The van der Waals surface area contributed by atoms with Crippen molar-refractivity contribution in [1.82, 2.24) is 5.32 Å². The Bertz CT molecular complexity index is 368. The van der Waals surface area contributed by atoms with Crippen molar-refractivity contribution < 1.29 is 0 Å². The van der Waals surface area contributed by atoms with Crippen molar-refractivity contribution in [2.24, 2.45) is 0 Å². The van der Waals surface area contributed by atoms with Crippen molar-refractivity contribution in [1.29, 1.82) is 0 Å². The Hall–Kier alpha value is -0.430. The Morgan fingerprint density at radius 1 is 1.41 bits per heavy atom. The van der Waals surface area contributed by atoms with Crippen molar-refractivity contribution in [3.05, 3.63) is 21.9 Å². The summed E-state index contributed by atoms with van der Waals surface area (Å²) in [5, 5.41) is 3.45. The van der Waals surface area contributed by atoms with Crippen molar-refractivity contribution in [2.75, 3.05) is 18.1 Å². The van der Waals surface area contributed by atoms with Crippen LogP contribution in [0.5, 0.6) is 0 Å². The molecular formula is C14H21NS2. The van der Waals surface area contributed by atoms with Gasteiger partial charge >= 0.3 is 0 Å². The summed E-state index contributed by atoms with van der Waals surface area (Å²) >= 11 is 3.71. The molecule has 0 aromatic carbocycles. The highest BCUT2D eigenvalue weighted by Crippen LogP contribution is 2.29. The summed E-state index contributed by atoms with van der Waals surface area (Å²) in [5.41, 5.74) is 0.269. The summed E-state index contributed by atoms with van der Waals surface area (Å²) in [4.78, 5) is 2.87. The molecule has 0 saturated carbocycles. The first kappa shape index (κ1) is 14.6. The van der Waals surface area contributed by atoms with Gasteiger partial charge in [0.1, 0.15) is 0 Å². The van der Waals surface area contributed by atoms with Crippen LogP contribution in [-0.4, -0.2) is 18.1 Å². The van der Waals surface area contributed by atoms with E-state index in [1.54, 1.807) is 11.8 Å². The number of nitrogens with one attached hydrogen (secondary N) is 1. The Morgan fingerprint density at radius 2 is 2.18 bits per heavy atom. The highest BCUT2D eigenvalue weighted by atomic mass is 32.2. The summed E-state index contributed by atoms with van der Waals surface area (Å²) < 4.78 is 0. The van der Waals surface area contributed by atoms with Crippen LogP contribution in [0.4, 0.5) is 0 Å². The first-order valence-electron chi connectivity index (χ1n) is 5.85. The normalized spacial score (nSPS) is 11.4. The van der Waals surface area contributed by atoms with Crippen molar-refractivity contribution >= 4 is 23.1 Å². The average molecular weight is 267 g/mol. The maximum absolute atomic E-state index is 5.19. The molecule has 0 spiro atoms. The highest BCUT2D eigenvalue weighted by molar-refractivity contribution is 7.99. The zero-order valence-electron chi connectivity index (χ0n) is 10.9. The summed E-state index contributed by atoms with van der Waals surface area (Å²) in [6.45, 7) is 8.76. The van der Waals surface area contributed by atoms with Crippen molar-refractivity contribution in [3.8, 4) is 12.3 Å². The first-order valence-corrected chi connectivity index (χ1v) is 7.82. The monoisotopic (exact) mass is 267 g/mol. The van der Waals surface area contributed by atoms with Crippen LogP contribution in [0, 0.1) is 12.3 Å². The molecule has 17 heavy (non-hydrogen) atoms. The van der Waals surface area contributed by atoms with E-state index in [1.807, 2.05) is 11.3 Å². The Kier molecular flexibility index (Phi) is 6.11. The van der Waals surface area contributed by atoms with E-state index in [4.69, 9.17) is 6.42 Å².